The lowest BCUT2D eigenvalue weighted by Crippen LogP contribution is -2.45. The predicted octanol–water partition coefficient (Wildman–Crippen LogP) is 1.15. The van der Waals surface area contributed by atoms with Crippen molar-refractivity contribution in [2.45, 2.75) is 31.8 Å². The average molecular weight is 286 g/mol. The number of nitrogens with one attached hydrogen (secondary N) is 3. The van der Waals surface area contributed by atoms with Crippen LogP contribution in [-0.2, 0) is 4.79 Å². The first-order valence-corrected chi connectivity index (χ1v) is 7.03. The van der Waals surface area contributed by atoms with Crippen molar-refractivity contribution in [3.05, 3.63) is 30.0 Å². The van der Waals surface area contributed by atoms with Gasteiger partial charge in [-0.15, -0.1) is 0 Å². The third kappa shape index (κ3) is 2.84. The van der Waals surface area contributed by atoms with E-state index in [9.17, 15) is 9.59 Å². The second-order valence-corrected chi connectivity index (χ2v) is 5.47. The summed E-state index contributed by atoms with van der Waals surface area (Å²) >= 11 is 0. The van der Waals surface area contributed by atoms with Crippen molar-refractivity contribution in [1.29, 1.82) is 0 Å². The maximum absolute atomic E-state index is 12.2. The Bertz CT molecular complexity index is 703. The summed E-state index contributed by atoms with van der Waals surface area (Å²) in [5.74, 6) is -0.467. The number of amides is 2. The summed E-state index contributed by atoms with van der Waals surface area (Å²) in [7, 11) is 0. The molecule has 3 rings (SSSR count). The smallest absolute Gasteiger partial charge is 0.268 e. The zero-order valence-corrected chi connectivity index (χ0v) is 11.8. The first-order chi connectivity index (χ1) is 10.0. The lowest BCUT2D eigenvalue weighted by Gasteiger charge is -2.13. The molecule has 0 saturated heterocycles. The van der Waals surface area contributed by atoms with Gasteiger partial charge in [-0.25, -0.2) is 0 Å². The van der Waals surface area contributed by atoms with Crippen LogP contribution in [0.15, 0.2) is 24.3 Å². The highest BCUT2D eigenvalue weighted by Gasteiger charge is 2.26. The number of aromatic amines is 1. The molecule has 0 aliphatic heterocycles. The highest BCUT2D eigenvalue weighted by molar-refractivity contribution is 6.02. The van der Waals surface area contributed by atoms with Crippen LogP contribution in [-0.4, -0.2) is 28.9 Å². The first-order valence-electron chi connectivity index (χ1n) is 7.03. The van der Waals surface area contributed by atoms with Gasteiger partial charge in [0.05, 0.1) is 11.2 Å². The molecule has 0 spiro atoms. The highest BCUT2D eigenvalue weighted by Crippen LogP contribution is 2.21. The van der Waals surface area contributed by atoms with E-state index in [1.165, 1.54) is 0 Å². The molecule has 0 radical (unpaired) electrons. The van der Waals surface area contributed by atoms with Crippen LogP contribution >= 0.6 is 0 Å². The molecule has 1 aromatic carbocycles. The Balaban J connectivity index is 1.71. The standard InChI is InChI=1S/C15H18N4O2/c1-8(14(20)18-10-5-6-10)17-15(21)12-7-9-3-2-4-11(16)13(9)19-12/h2-4,7-8,10,19H,5-6,16H2,1H3,(H,17,21)(H,18,20). The van der Waals surface area contributed by atoms with E-state index in [0.717, 1.165) is 23.7 Å². The van der Waals surface area contributed by atoms with Gasteiger partial charge in [-0.3, -0.25) is 9.59 Å². The topological polar surface area (TPSA) is 100 Å². The van der Waals surface area contributed by atoms with Crippen LogP contribution in [0.1, 0.15) is 30.3 Å². The summed E-state index contributed by atoms with van der Waals surface area (Å²) in [6, 6.07) is 6.92. The van der Waals surface area contributed by atoms with Crippen LogP contribution in [0, 0.1) is 0 Å². The van der Waals surface area contributed by atoms with Gasteiger partial charge < -0.3 is 21.4 Å². The second kappa shape index (κ2) is 5.12. The van der Waals surface area contributed by atoms with Crippen LogP contribution in [0.2, 0.25) is 0 Å². The summed E-state index contributed by atoms with van der Waals surface area (Å²) in [4.78, 5) is 27.0. The molecule has 5 N–H and O–H groups in total. The van der Waals surface area contributed by atoms with E-state index >= 15 is 0 Å². The van der Waals surface area contributed by atoms with E-state index in [1.807, 2.05) is 12.1 Å². The number of benzene rings is 1. The Morgan fingerprint density at radius 3 is 2.81 bits per heavy atom. The van der Waals surface area contributed by atoms with Crippen LogP contribution in [0.3, 0.4) is 0 Å². The summed E-state index contributed by atoms with van der Waals surface area (Å²) in [5.41, 5.74) is 7.57. The van der Waals surface area contributed by atoms with E-state index in [-0.39, 0.29) is 17.9 Å². The third-order valence-corrected chi connectivity index (χ3v) is 3.60. The lowest BCUT2D eigenvalue weighted by molar-refractivity contribution is -0.122. The van der Waals surface area contributed by atoms with Gasteiger partial charge in [-0.05, 0) is 31.9 Å². The number of anilines is 1. The minimum atomic E-state index is -0.568. The molecule has 2 amide bonds. The number of carbonyl (C=O) groups excluding carboxylic acids is 2. The van der Waals surface area contributed by atoms with Gasteiger partial charge in [-0.2, -0.15) is 0 Å². The molecule has 1 saturated carbocycles. The van der Waals surface area contributed by atoms with Crippen molar-refractivity contribution in [3.8, 4) is 0 Å². The Morgan fingerprint density at radius 2 is 2.14 bits per heavy atom. The maximum Gasteiger partial charge on any atom is 0.268 e. The number of nitrogens with two attached hydrogens (primary N) is 1. The molecule has 1 heterocycles. The fraction of sp³-hybridized carbons (Fsp3) is 0.333. The number of rotatable bonds is 4. The van der Waals surface area contributed by atoms with Gasteiger partial charge in [0.2, 0.25) is 5.91 Å². The molecule has 1 fully saturated rings. The molecule has 1 unspecified atom stereocenters. The van der Waals surface area contributed by atoms with Gasteiger partial charge in [-0.1, -0.05) is 12.1 Å². The Kier molecular flexibility index (Phi) is 3.29. The largest absolute Gasteiger partial charge is 0.397 e. The molecule has 6 heteroatoms. The van der Waals surface area contributed by atoms with Gasteiger partial charge in [0.1, 0.15) is 11.7 Å². The van der Waals surface area contributed by atoms with E-state index in [0.29, 0.717) is 11.4 Å². The number of H-pyrrole nitrogens is 1. The Morgan fingerprint density at radius 1 is 1.38 bits per heavy atom. The van der Waals surface area contributed by atoms with E-state index in [4.69, 9.17) is 5.73 Å². The van der Waals surface area contributed by atoms with Crippen molar-refractivity contribution >= 4 is 28.4 Å². The number of fused-ring (bicyclic) bond motifs is 1. The molecule has 1 aliphatic carbocycles. The SMILES string of the molecule is CC(NC(=O)c1cc2cccc(N)c2[nH]1)C(=O)NC1CC1. The van der Waals surface area contributed by atoms with Gasteiger partial charge in [0, 0.05) is 11.4 Å². The van der Waals surface area contributed by atoms with E-state index in [2.05, 4.69) is 15.6 Å². The molecule has 2 aromatic rings. The number of carbonyl (C=O) groups is 2. The van der Waals surface area contributed by atoms with Crippen molar-refractivity contribution in [2.75, 3.05) is 5.73 Å². The number of nitrogen functional groups attached to an aromatic ring is 1. The molecule has 1 atom stereocenters. The fourth-order valence-electron chi connectivity index (χ4n) is 2.20. The summed E-state index contributed by atoms with van der Waals surface area (Å²) in [6.07, 6.45) is 2.04. The predicted molar refractivity (Wildman–Crippen MR) is 80.8 cm³/mol. The quantitative estimate of drug-likeness (QED) is 0.634. The minimum absolute atomic E-state index is 0.151. The first kappa shape index (κ1) is 13.5. The molecule has 0 bridgehead atoms. The van der Waals surface area contributed by atoms with E-state index in [1.54, 1.807) is 19.1 Å². The summed E-state index contributed by atoms with van der Waals surface area (Å²) in [5, 5.41) is 6.42. The Labute approximate surface area is 122 Å². The number of para-hydroxylation sites is 1. The van der Waals surface area contributed by atoms with Gasteiger partial charge in [0.15, 0.2) is 0 Å². The fourth-order valence-corrected chi connectivity index (χ4v) is 2.20. The van der Waals surface area contributed by atoms with Gasteiger partial charge >= 0.3 is 0 Å². The third-order valence-electron chi connectivity index (χ3n) is 3.60. The molecule has 6 nitrogen and oxygen atoms in total. The highest BCUT2D eigenvalue weighted by atomic mass is 16.2. The van der Waals surface area contributed by atoms with Crippen molar-refractivity contribution in [2.24, 2.45) is 0 Å². The molecule has 1 aliphatic rings. The molecule has 110 valence electrons. The van der Waals surface area contributed by atoms with Crippen LogP contribution in [0.5, 0.6) is 0 Å². The van der Waals surface area contributed by atoms with Crippen molar-refractivity contribution in [3.63, 3.8) is 0 Å². The number of hydrogen-bond donors (Lipinski definition) is 4. The maximum atomic E-state index is 12.2. The summed E-state index contributed by atoms with van der Waals surface area (Å²) < 4.78 is 0. The normalized spacial score (nSPS) is 15.7. The second-order valence-electron chi connectivity index (χ2n) is 5.47. The molecule has 21 heavy (non-hydrogen) atoms. The monoisotopic (exact) mass is 286 g/mol. The average Bonchev–Trinajstić information content (AvgIpc) is 3.14. The zero-order valence-electron chi connectivity index (χ0n) is 11.8. The Hall–Kier alpha value is -2.50. The lowest BCUT2D eigenvalue weighted by atomic mass is 10.2. The van der Waals surface area contributed by atoms with Crippen LogP contribution in [0.25, 0.3) is 10.9 Å². The molecule has 1 aromatic heterocycles. The zero-order chi connectivity index (χ0) is 15.0. The van der Waals surface area contributed by atoms with Crippen molar-refractivity contribution in [1.82, 2.24) is 15.6 Å². The minimum Gasteiger partial charge on any atom is -0.397 e. The van der Waals surface area contributed by atoms with Crippen LogP contribution in [0.4, 0.5) is 5.69 Å². The van der Waals surface area contributed by atoms with Crippen molar-refractivity contribution < 1.29 is 9.59 Å². The summed E-state index contributed by atoms with van der Waals surface area (Å²) in [6.45, 7) is 1.67. The number of hydrogen-bond acceptors (Lipinski definition) is 3. The molecular weight excluding hydrogens is 268 g/mol. The van der Waals surface area contributed by atoms with E-state index < -0.39 is 6.04 Å². The van der Waals surface area contributed by atoms with Crippen LogP contribution < -0.4 is 16.4 Å². The van der Waals surface area contributed by atoms with Gasteiger partial charge in [0.25, 0.3) is 5.91 Å². The number of aromatic nitrogens is 1. The molecular formula is C15H18N4O2.